The first-order chi connectivity index (χ1) is 10.4. The van der Waals surface area contributed by atoms with E-state index in [2.05, 4.69) is 23.2 Å². The van der Waals surface area contributed by atoms with Crippen molar-refractivity contribution in [2.24, 2.45) is 0 Å². The topological polar surface area (TPSA) is 42.4 Å². The lowest BCUT2D eigenvalue weighted by Gasteiger charge is -2.35. The number of carbonyl (C=O) groups excluding carboxylic acids is 1. The van der Waals surface area contributed by atoms with Gasteiger partial charge in [0.1, 0.15) is 5.60 Å². The van der Waals surface area contributed by atoms with Crippen LogP contribution in [0.1, 0.15) is 56.4 Å². The van der Waals surface area contributed by atoms with E-state index in [0.29, 0.717) is 5.92 Å². The van der Waals surface area contributed by atoms with Gasteiger partial charge in [-0.05, 0) is 63.3 Å². The lowest BCUT2D eigenvalue weighted by molar-refractivity contribution is 0.0198. The number of hydrogen-bond acceptors (Lipinski definition) is 3. The van der Waals surface area contributed by atoms with Gasteiger partial charge in [0.2, 0.25) is 0 Å². The van der Waals surface area contributed by atoms with Crippen molar-refractivity contribution in [2.75, 3.05) is 13.1 Å². The lowest BCUT2D eigenvalue weighted by atomic mass is 9.87. The molecule has 1 aromatic rings. The zero-order valence-corrected chi connectivity index (χ0v) is 13.6. The van der Waals surface area contributed by atoms with Gasteiger partial charge in [-0.25, -0.2) is 4.79 Å². The molecule has 1 fully saturated rings. The first-order valence-electron chi connectivity index (χ1n) is 8.06. The van der Waals surface area contributed by atoms with E-state index in [0.717, 1.165) is 38.0 Å². The summed E-state index contributed by atoms with van der Waals surface area (Å²) in [4.78, 5) is 18.6. The van der Waals surface area contributed by atoms with Crippen molar-refractivity contribution in [3.05, 3.63) is 35.2 Å². The molecule has 1 aromatic heterocycles. The van der Waals surface area contributed by atoms with Crippen molar-refractivity contribution < 1.29 is 9.53 Å². The van der Waals surface area contributed by atoms with E-state index in [9.17, 15) is 4.79 Å². The Morgan fingerprint density at radius 2 is 2.23 bits per heavy atom. The van der Waals surface area contributed by atoms with E-state index in [1.807, 2.05) is 31.9 Å². The Kier molecular flexibility index (Phi) is 3.94. The van der Waals surface area contributed by atoms with Crippen molar-refractivity contribution in [2.45, 2.75) is 51.6 Å². The summed E-state index contributed by atoms with van der Waals surface area (Å²) in [6.45, 7) is 7.26. The second kappa shape index (κ2) is 5.75. The summed E-state index contributed by atoms with van der Waals surface area (Å²) in [5.74, 6) is 0.387. The first-order valence-corrected chi connectivity index (χ1v) is 8.06. The molecule has 118 valence electrons. The number of pyridine rings is 1. The van der Waals surface area contributed by atoms with E-state index in [1.54, 1.807) is 0 Å². The molecular weight excluding hydrogens is 276 g/mol. The predicted molar refractivity (Wildman–Crippen MR) is 86.8 cm³/mol. The fraction of sp³-hybridized carbons (Fsp3) is 0.556. The Labute approximate surface area is 132 Å². The standard InChI is InChI=1S/C18H24N2O2/c1-18(2,3)22-17(21)20-11-5-6-13(12-20)14-9-10-19-16-8-4-7-15(14)16/h4,8-10,13H,5-7,11-12H2,1-3H3. The van der Waals surface area contributed by atoms with Crippen LogP contribution in [0.3, 0.4) is 0 Å². The minimum Gasteiger partial charge on any atom is -0.444 e. The first kappa shape index (κ1) is 15.1. The van der Waals surface area contributed by atoms with Crippen LogP contribution < -0.4 is 0 Å². The number of rotatable bonds is 1. The van der Waals surface area contributed by atoms with Crippen LogP contribution in [0.15, 0.2) is 18.3 Å². The monoisotopic (exact) mass is 300 g/mol. The largest absolute Gasteiger partial charge is 0.444 e. The number of amides is 1. The van der Waals surface area contributed by atoms with Crippen LogP contribution >= 0.6 is 0 Å². The van der Waals surface area contributed by atoms with Gasteiger partial charge in [-0.3, -0.25) is 4.98 Å². The minimum absolute atomic E-state index is 0.193. The number of fused-ring (bicyclic) bond motifs is 1. The van der Waals surface area contributed by atoms with E-state index in [4.69, 9.17) is 4.74 Å². The Hall–Kier alpha value is -1.84. The smallest absolute Gasteiger partial charge is 0.410 e. The predicted octanol–water partition coefficient (Wildman–Crippen LogP) is 3.77. The quantitative estimate of drug-likeness (QED) is 0.793. The highest BCUT2D eigenvalue weighted by Gasteiger charge is 2.29. The molecule has 4 nitrogen and oxygen atoms in total. The molecule has 0 radical (unpaired) electrons. The number of ether oxygens (including phenoxy) is 1. The number of allylic oxidation sites excluding steroid dienone is 1. The molecule has 1 aliphatic heterocycles. The number of piperidine rings is 1. The normalized spacial score (nSPS) is 20.9. The maximum Gasteiger partial charge on any atom is 0.410 e. The lowest BCUT2D eigenvalue weighted by Crippen LogP contribution is -2.42. The fourth-order valence-electron chi connectivity index (χ4n) is 3.28. The molecule has 0 spiro atoms. The third-order valence-corrected chi connectivity index (χ3v) is 4.24. The zero-order chi connectivity index (χ0) is 15.7. The van der Waals surface area contributed by atoms with Gasteiger partial charge in [-0.1, -0.05) is 6.08 Å². The van der Waals surface area contributed by atoms with Crippen LogP contribution in [-0.2, 0) is 11.2 Å². The van der Waals surface area contributed by atoms with Crippen LogP contribution in [0.5, 0.6) is 0 Å². The maximum atomic E-state index is 12.3. The molecule has 0 N–H and O–H groups in total. The fourth-order valence-corrected chi connectivity index (χ4v) is 3.28. The average Bonchev–Trinajstić information content (AvgIpc) is 2.94. The SMILES string of the molecule is CC(C)(C)OC(=O)N1CCCC(c2ccnc3c2CC=C3)C1. The number of carbonyl (C=O) groups is 1. The van der Waals surface area contributed by atoms with E-state index < -0.39 is 5.60 Å². The number of nitrogens with zero attached hydrogens (tertiary/aromatic N) is 2. The van der Waals surface area contributed by atoms with Gasteiger partial charge in [0.25, 0.3) is 0 Å². The van der Waals surface area contributed by atoms with Crippen LogP contribution in [0, 0.1) is 0 Å². The summed E-state index contributed by atoms with van der Waals surface area (Å²) in [6.07, 6.45) is 9.05. The molecule has 1 amide bonds. The minimum atomic E-state index is -0.439. The van der Waals surface area contributed by atoms with Crippen LogP contribution in [-0.4, -0.2) is 34.7 Å². The van der Waals surface area contributed by atoms with E-state index in [-0.39, 0.29) is 6.09 Å². The Morgan fingerprint density at radius 1 is 1.41 bits per heavy atom. The summed E-state index contributed by atoms with van der Waals surface area (Å²) < 4.78 is 5.52. The molecule has 0 bridgehead atoms. The number of likely N-dealkylation sites (tertiary alicyclic amines) is 1. The Balaban J connectivity index is 1.74. The van der Waals surface area contributed by atoms with Crippen molar-refractivity contribution in [1.82, 2.24) is 9.88 Å². The van der Waals surface area contributed by atoms with Crippen molar-refractivity contribution in [3.63, 3.8) is 0 Å². The molecule has 2 aliphatic rings. The number of hydrogen-bond donors (Lipinski definition) is 0. The van der Waals surface area contributed by atoms with Crippen LogP contribution in [0.2, 0.25) is 0 Å². The zero-order valence-electron chi connectivity index (χ0n) is 13.6. The van der Waals surface area contributed by atoms with Gasteiger partial charge in [0, 0.05) is 25.2 Å². The molecule has 1 unspecified atom stereocenters. The highest BCUT2D eigenvalue weighted by atomic mass is 16.6. The van der Waals surface area contributed by atoms with Gasteiger partial charge >= 0.3 is 6.09 Å². The third kappa shape index (κ3) is 3.16. The second-order valence-corrected chi connectivity index (χ2v) is 7.14. The van der Waals surface area contributed by atoms with Gasteiger partial charge in [-0.15, -0.1) is 0 Å². The average molecular weight is 300 g/mol. The highest BCUT2D eigenvalue weighted by molar-refractivity contribution is 5.68. The van der Waals surface area contributed by atoms with Crippen molar-refractivity contribution in [1.29, 1.82) is 0 Å². The summed E-state index contributed by atoms with van der Waals surface area (Å²) in [6, 6.07) is 2.12. The van der Waals surface area contributed by atoms with Gasteiger partial charge in [0.15, 0.2) is 0 Å². The molecule has 0 aromatic carbocycles. The van der Waals surface area contributed by atoms with E-state index in [1.165, 1.54) is 11.1 Å². The summed E-state index contributed by atoms with van der Waals surface area (Å²) in [5, 5.41) is 0. The Morgan fingerprint density at radius 3 is 3.00 bits per heavy atom. The molecule has 2 heterocycles. The highest BCUT2D eigenvalue weighted by Crippen LogP contribution is 2.33. The molecule has 22 heavy (non-hydrogen) atoms. The molecular formula is C18H24N2O2. The van der Waals surface area contributed by atoms with Crippen LogP contribution in [0.4, 0.5) is 4.79 Å². The van der Waals surface area contributed by atoms with Gasteiger partial charge in [0.05, 0.1) is 5.69 Å². The molecule has 4 heteroatoms. The summed E-state index contributed by atoms with van der Waals surface area (Å²) in [7, 11) is 0. The van der Waals surface area contributed by atoms with Gasteiger partial charge in [-0.2, -0.15) is 0 Å². The summed E-state index contributed by atoms with van der Waals surface area (Å²) in [5.41, 5.74) is 3.33. The molecule has 1 atom stereocenters. The number of aromatic nitrogens is 1. The van der Waals surface area contributed by atoms with Crippen molar-refractivity contribution >= 4 is 12.2 Å². The maximum absolute atomic E-state index is 12.3. The molecule has 0 saturated carbocycles. The Bertz CT molecular complexity index is 602. The second-order valence-electron chi connectivity index (χ2n) is 7.14. The van der Waals surface area contributed by atoms with E-state index >= 15 is 0 Å². The molecule has 1 aliphatic carbocycles. The third-order valence-electron chi connectivity index (χ3n) is 4.24. The molecule has 3 rings (SSSR count). The summed E-state index contributed by atoms with van der Waals surface area (Å²) >= 11 is 0. The molecule has 1 saturated heterocycles. The van der Waals surface area contributed by atoms with Gasteiger partial charge < -0.3 is 9.64 Å². The van der Waals surface area contributed by atoms with Crippen LogP contribution in [0.25, 0.3) is 6.08 Å². The van der Waals surface area contributed by atoms with Crippen molar-refractivity contribution in [3.8, 4) is 0 Å².